The van der Waals surface area contributed by atoms with Crippen LogP contribution in [-0.2, 0) is 11.2 Å². The molecular weight excluding hydrogens is 354 g/mol. The summed E-state index contributed by atoms with van der Waals surface area (Å²) in [6.07, 6.45) is 1.82. The van der Waals surface area contributed by atoms with E-state index in [1.807, 2.05) is 38.1 Å². The predicted octanol–water partition coefficient (Wildman–Crippen LogP) is 1.54. The van der Waals surface area contributed by atoms with Crippen molar-refractivity contribution in [2.75, 3.05) is 13.6 Å². The number of likely N-dealkylation sites (N-methyl/N-ethyl adjacent to an activating group) is 1. The monoisotopic (exact) mass is 373 g/mol. The molecule has 2 heterocycles. The van der Waals surface area contributed by atoms with E-state index in [-0.39, 0.29) is 11.2 Å². The van der Waals surface area contributed by atoms with Crippen molar-refractivity contribution < 1.29 is 9.32 Å². The number of carbonyl (C=O) groups is 1. The van der Waals surface area contributed by atoms with Gasteiger partial charge in [0.15, 0.2) is 5.82 Å². The fourth-order valence-corrected chi connectivity index (χ4v) is 3.30. The van der Waals surface area contributed by atoms with Crippen LogP contribution in [0.15, 0.2) is 40.3 Å². The number of aromatic nitrogens is 6. The van der Waals surface area contributed by atoms with Gasteiger partial charge in [-0.3, -0.25) is 4.79 Å². The Bertz CT molecular complexity index is 865. The van der Waals surface area contributed by atoms with Crippen molar-refractivity contribution in [3.8, 4) is 5.69 Å². The molecule has 2 aromatic heterocycles. The Morgan fingerprint density at radius 3 is 3.00 bits per heavy atom. The van der Waals surface area contributed by atoms with Crippen molar-refractivity contribution in [3.63, 3.8) is 0 Å². The zero-order valence-corrected chi connectivity index (χ0v) is 15.6. The van der Waals surface area contributed by atoms with E-state index >= 15 is 0 Å². The van der Waals surface area contributed by atoms with Crippen LogP contribution in [0.4, 0.5) is 0 Å². The molecule has 136 valence electrons. The Hall–Kier alpha value is -2.75. The summed E-state index contributed by atoms with van der Waals surface area (Å²) in [6.45, 7) is 4.35. The SMILES string of the molecule is Cc1cccc(-n2nnnc2S[C@@H](C)C(=O)N(C)CCc2ncon2)c1. The topological polar surface area (TPSA) is 103 Å². The Morgan fingerprint density at radius 1 is 1.42 bits per heavy atom. The average molecular weight is 373 g/mol. The van der Waals surface area contributed by atoms with Crippen LogP contribution < -0.4 is 0 Å². The van der Waals surface area contributed by atoms with Crippen LogP contribution >= 0.6 is 11.8 Å². The molecule has 0 radical (unpaired) electrons. The lowest BCUT2D eigenvalue weighted by Gasteiger charge is -2.20. The standard InChI is InChI=1S/C16H19N7O2S/c1-11-5-4-6-13(9-11)23-16(18-20-21-23)26-12(2)15(24)22(3)8-7-14-17-10-25-19-14/h4-6,9-10,12H,7-8H2,1-3H3/t12-/m0/s1. The van der Waals surface area contributed by atoms with E-state index in [2.05, 4.69) is 25.7 Å². The first kappa shape index (κ1) is 18.1. The molecule has 9 nitrogen and oxygen atoms in total. The molecule has 3 aromatic rings. The third kappa shape index (κ3) is 4.26. The molecule has 0 fully saturated rings. The lowest BCUT2D eigenvalue weighted by Crippen LogP contribution is -2.35. The third-order valence-electron chi connectivity index (χ3n) is 3.77. The summed E-state index contributed by atoms with van der Waals surface area (Å²) in [5, 5.41) is 15.8. The van der Waals surface area contributed by atoms with Gasteiger partial charge in [0.25, 0.3) is 0 Å². The second-order valence-electron chi connectivity index (χ2n) is 5.83. The molecule has 3 rings (SSSR count). The van der Waals surface area contributed by atoms with Gasteiger partial charge < -0.3 is 9.42 Å². The number of benzene rings is 1. The quantitative estimate of drug-likeness (QED) is 0.575. The van der Waals surface area contributed by atoms with E-state index in [9.17, 15) is 4.79 Å². The molecule has 1 atom stereocenters. The number of hydrogen-bond acceptors (Lipinski definition) is 8. The molecule has 0 aliphatic carbocycles. The Labute approximate surface area is 154 Å². The van der Waals surface area contributed by atoms with Crippen LogP contribution in [-0.4, -0.2) is 60.0 Å². The smallest absolute Gasteiger partial charge is 0.235 e. The molecule has 0 saturated carbocycles. The second-order valence-corrected chi connectivity index (χ2v) is 7.14. The van der Waals surface area contributed by atoms with Crippen LogP contribution in [0.5, 0.6) is 0 Å². The summed E-state index contributed by atoms with van der Waals surface area (Å²) in [7, 11) is 1.75. The zero-order valence-electron chi connectivity index (χ0n) is 14.7. The van der Waals surface area contributed by atoms with Gasteiger partial charge in [0, 0.05) is 20.0 Å². The van der Waals surface area contributed by atoms with Crippen molar-refractivity contribution in [2.45, 2.75) is 30.7 Å². The number of thioether (sulfide) groups is 1. The van der Waals surface area contributed by atoms with Crippen molar-refractivity contribution >= 4 is 17.7 Å². The minimum atomic E-state index is -0.333. The van der Waals surface area contributed by atoms with Crippen molar-refractivity contribution in [2.24, 2.45) is 0 Å². The minimum Gasteiger partial charge on any atom is -0.344 e. The maximum absolute atomic E-state index is 12.6. The largest absolute Gasteiger partial charge is 0.344 e. The van der Waals surface area contributed by atoms with E-state index in [1.54, 1.807) is 16.6 Å². The normalized spacial score (nSPS) is 12.1. The summed E-state index contributed by atoms with van der Waals surface area (Å²) >= 11 is 1.32. The number of rotatable bonds is 7. The molecule has 0 saturated heterocycles. The Kier molecular flexibility index (Phi) is 5.61. The summed E-state index contributed by atoms with van der Waals surface area (Å²) in [6, 6.07) is 7.87. The van der Waals surface area contributed by atoms with Gasteiger partial charge >= 0.3 is 0 Å². The first-order chi connectivity index (χ1) is 12.5. The molecule has 0 aliphatic heterocycles. The van der Waals surface area contributed by atoms with E-state index in [4.69, 9.17) is 4.52 Å². The molecule has 0 aliphatic rings. The molecule has 1 amide bonds. The second kappa shape index (κ2) is 8.09. The minimum absolute atomic E-state index is 0.0164. The Balaban J connectivity index is 1.63. The number of carbonyl (C=O) groups excluding carboxylic acids is 1. The number of hydrogen-bond donors (Lipinski definition) is 0. The fraction of sp³-hybridized carbons (Fsp3) is 0.375. The molecular formula is C16H19N7O2S. The highest BCUT2D eigenvalue weighted by Gasteiger charge is 2.22. The molecule has 0 N–H and O–H groups in total. The van der Waals surface area contributed by atoms with Gasteiger partial charge in [0.05, 0.1) is 10.9 Å². The van der Waals surface area contributed by atoms with Crippen LogP contribution in [0, 0.1) is 6.92 Å². The number of tetrazole rings is 1. The number of aryl methyl sites for hydroxylation is 1. The first-order valence-corrected chi connectivity index (χ1v) is 8.95. The van der Waals surface area contributed by atoms with Gasteiger partial charge in [0.2, 0.25) is 17.5 Å². The highest BCUT2D eigenvalue weighted by atomic mass is 32.2. The predicted molar refractivity (Wildman–Crippen MR) is 94.8 cm³/mol. The highest BCUT2D eigenvalue weighted by molar-refractivity contribution is 8.00. The maximum Gasteiger partial charge on any atom is 0.235 e. The van der Waals surface area contributed by atoms with Crippen molar-refractivity contribution in [1.29, 1.82) is 0 Å². The fourth-order valence-electron chi connectivity index (χ4n) is 2.37. The van der Waals surface area contributed by atoms with Gasteiger partial charge in [-0.05, 0) is 42.0 Å². The van der Waals surface area contributed by atoms with Crippen molar-refractivity contribution in [1.82, 2.24) is 35.2 Å². The van der Waals surface area contributed by atoms with Crippen LogP contribution in [0.25, 0.3) is 5.69 Å². The molecule has 1 aromatic carbocycles. The third-order valence-corrected chi connectivity index (χ3v) is 4.79. The van der Waals surface area contributed by atoms with E-state index < -0.39 is 0 Å². The zero-order chi connectivity index (χ0) is 18.5. The van der Waals surface area contributed by atoms with Gasteiger partial charge in [-0.15, -0.1) is 5.10 Å². The first-order valence-electron chi connectivity index (χ1n) is 8.07. The lowest BCUT2D eigenvalue weighted by molar-refractivity contribution is -0.129. The average Bonchev–Trinajstić information content (AvgIpc) is 3.30. The molecule has 0 bridgehead atoms. The highest BCUT2D eigenvalue weighted by Crippen LogP contribution is 2.24. The van der Waals surface area contributed by atoms with E-state index in [0.29, 0.717) is 23.9 Å². The van der Waals surface area contributed by atoms with Crippen LogP contribution in [0.1, 0.15) is 18.3 Å². The summed E-state index contributed by atoms with van der Waals surface area (Å²) in [5.74, 6) is 0.561. The maximum atomic E-state index is 12.6. The van der Waals surface area contributed by atoms with Crippen LogP contribution in [0.2, 0.25) is 0 Å². The van der Waals surface area contributed by atoms with Crippen molar-refractivity contribution in [3.05, 3.63) is 42.0 Å². The Morgan fingerprint density at radius 2 is 2.27 bits per heavy atom. The van der Waals surface area contributed by atoms with E-state index in [0.717, 1.165) is 11.3 Å². The molecule has 0 unspecified atom stereocenters. The summed E-state index contributed by atoms with van der Waals surface area (Å²) in [5.41, 5.74) is 1.97. The van der Waals surface area contributed by atoms with Gasteiger partial charge in [0.1, 0.15) is 0 Å². The summed E-state index contributed by atoms with van der Waals surface area (Å²) < 4.78 is 6.33. The van der Waals surface area contributed by atoms with Gasteiger partial charge in [-0.1, -0.05) is 29.1 Å². The molecule has 0 spiro atoms. The van der Waals surface area contributed by atoms with Gasteiger partial charge in [-0.25, -0.2) is 0 Å². The number of nitrogens with zero attached hydrogens (tertiary/aromatic N) is 7. The lowest BCUT2D eigenvalue weighted by atomic mass is 10.2. The van der Waals surface area contributed by atoms with E-state index in [1.165, 1.54) is 18.2 Å². The molecule has 26 heavy (non-hydrogen) atoms. The summed E-state index contributed by atoms with van der Waals surface area (Å²) in [4.78, 5) is 18.2. The molecule has 10 heteroatoms. The van der Waals surface area contributed by atoms with Crippen LogP contribution in [0.3, 0.4) is 0 Å². The number of amides is 1. The van der Waals surface area contributed by atoms with Gasteiger partial charge in [-0.2, -0.15) is 9.67 Å².